The van der Waals surface area contributed by atoms with Crippen LogP contribution in [-0.4, -0.2) is 37.8 Å². The van der Waals surface area contributed by atoms with E-state index in [0.717, 1.165) is 30.0 Å². The number of nitrogens with two attached hydrogens (primary N) is 1. The molecule has 0 unspecified atom stereocenters. The smallest absolute Gasteiger partial charge is 0.224 e. The summed E-state index contributed by atoms with van der Waals surface area (Å²) >= 11 is 0. The normalized spacial score (nSPS) is 23.5. The maximum Gasteiger partial charge on any atom is 0.224 e. The van der Waals surface area contributed by atoms with Gasteiger partial charge >= 0.3 is 0 Å². The van der Waals surface area contributed by atoms with Crippen LogP contribution in [0.3, 0.4) is 0 Å². The Morgan fingerprint density at radius 3 is 2.80 bits per heavy atom. The van der Waals surface area contributed by atoms with Crippen molar-refractivity contribution in [3.8, 4) is 0 Å². The number of hydrogen-bond acceptors (Lipinski definition) is 6. The fourth-order valence-corrected chi connectivity index (χ4v) is 3.14. The average Bonchev–Trinajstić information content (AvgIpc) is 3.06. The van der Waals surface area contributed by atoms with Gasteiger partial charge in [0.05, 0.1) is 24.6 Å². The quantitative estimate of drug-likeness (QED) is 0.812. The lowest BCUT2D eigenvalue weighted by molar-refractivity contribution is -0.0160. The van der Waals surface area contributed by atoms with Gasteiger partial charge < -0.3 is 20.4 Å². The maximum absolute atomic E-state index is 5.93. The molecule has 4 rings (SSSR count). The van der Waals surface area contributed by atoms with Gasteiger partial charge in [0.1, 0.15) is 0 Å². The van der Waals surface area contributed by atoms with Crippen molar-refractivity contribution >= 4 is 22.9 Å². The summed E-state index contributed by atoms with van der Waals surface area (Å²) in [6.07, 6.45) is 9.62. The van der Waals surface area contributed by atoms with Crippen molar-refractivity contribution in [1.82, 2.24) is 19.5 Å². The van der Waals surface area contributed by atoms with E-state index in [-0.39, 0.29) is 17.6 Å². The number of nitrogens with one attached hydrogen (secondary N) is 1. The Morgan fingerprint density at radius 1 is 1.28 bits per heavy atom. The first-order chi connectivity index (χ1) is 11.9. The van der Waals surface area contributed by atoms with Crippen molar-refractivity contribution in [3.63, 3.8) is 0 Å². The number of fused-ring (bicyclic) bond motifs is 1. The molecule has 1 saturated carbocycles. The number of imidazole rings is 1. The van der Waals surface area contributed by atoms with Crippen LogP contribution in [0.2, 0.25) is 0 Å². The lowest BCUT2D eigenvalue weighted by Gasteiger charge is -2.22. The number of ether oxygens (including phenoxy) is 1. The zero-order valence-electron chi connectivity index (χ0n) is 15.1. The van der Waals surface area contributed by atoms with Crippen LogP contribution >= 0.6 is 0 Å². The van der Waals surface area contributed by atoms with E-state index in [1.54, 1.807) is 0 Å². The molecule has 0 saturated heterocycles. The molecule has 3 N–H and O–H groups in total. The van der Waals surface area contributed by atoms with Crippen LogP contribution in [0.1, 0.15) is 46.1 Å². The van der Waals surface area contributed by atoms with E-state index in [4.69, 9.17) is 10.5 Å². The lowest BCUT2D eigenvalue weighted by Crippen LogP contribution is -2.22. The molecule has 0 amide bonds. The first-order valence-electron chi connectivity index (χ1n) is 8.98. The summed E-state index contributed by atoms with van der Waals surface area (Å²) in [6, 6.07) is 0.717. The van der Waals surface area contributed by atoms with Crippen molar-refractivity contribution in [2.45, 2.75) is 57.7 Å². The number of nitrogen functional groups attached to an aromatic ring is 1. The third kappa shape index (κ3) is 3.61. The Balaban J connectivity index is 1.54. The van der Waals surface area contributed by atoms with E-state index in [9.17, 15) is 0 Å². The molecule has 0 spiro atoms. The minimum atomic E-state index is -0.112. The summed E-state index contributed by atoms with van der Waals surface area (Å²) < 4.78 is 8.02. The minimum absolute atomic E-state index is 0.112. The second kappa shape index (κ2) is 5.98. The topological polar surface area (TPSA) is 90.9 Å². The highest BCUT2D eigenvalue weighted by molar-refractivity contribution is 5.84. The van der Waals surface area contributed by atoms with Gasteiger partial charge in [0.15, 0.2) is 17.0 Å². The Morgan fingerprint density at radius 2 is 2.08 bits per heavy atom. The minimum Gasteiger partial charge on any atom is -0.375 e. The number of hydrogen-bond donors (Lipinski definition) is 2. The standard InChI is InChI=1S/C18H26N6O/c1-18(2,3)25-9-11-4-7-13(8-11)24-10-20-14-15(21-12-5-6-12)22-17(19)23-16(14)24/h4,7,10-13H,5-6,8-9H2,1-3H3,(H3,19,21,22,23)/t11-,13-/m0/s1. The lowest BCUT2D eigenvalue weighted by atomic mass is 10.1. The first-order valence-corrected chi connectivity index (χ1v) is 8.98. The molecule has 134 valence electrons. The molecule has 2 atom stereocenters. The molecule has 2 heterocycles. The van der Waals surface area contributed by atoms with Gasteiger partial charge in [-0.2, -0.15) is 9.97 Å². The Kier molecular flexibility index (Phi) is 3.91. The Hall–Kier alpha value is -2.15. The summed E-state index contributed by atoms with van der Waals surface area (Å²) in [5.41, 5.74) is 7.41. The van der Waals surface area contributed by atoms with Crippen molar-refractivity contribution in [1.29, 1.82) is 0 Å². The van der Waals surface area contributed by atoms with Crippen LogP contribution in [0, 0.1) is 5.92 Å². The second-order valence-electron chi connectivity index (χ2n) is 8.04. The van der Waals surface area contributed by atoms with Crippen LogP contribution < -0.4 is 11.1 Å². The highest BCUT2D eigenvalue weighted by atomic mass is 16.5. The summed E-state index contributed by atoms with van der Waals surface area (Å²) in [4.78, 5) is 13.3. The Bertz CT molecular complexity index is 802. The fraction of sp³-hybridized carbons (Fsp3) is 0.611. The molecule has 0 bridgehead atoms. The van der Waals surface area contributed by atoms with Gasteiger partial charge in [-0.1, -0.05) is 12.2 Å². The van der Waals surface area contributed by atoms with Gasteiger partial charge in [-0.25, -0.2) is 4.98 Å². The van der Waals surface area contributed by atoms with Crippen LogP contribution in [0.15, 0.2) is 18.5 Å². The zero-order chi connectivity index (χ0) is 17.6. The van der Waals surface area contributed by atoms with Gasteiger partial charge in [-0.05, 0) is 40.0 Å². The largest absolute Gasteiger partial charge is 0.375 e. The molecule has 0 aromatic carbocycles. The Labute approximate surface area is 147 Å². The van der Waals surface area contributed by atoms with Gasteiger partial charge in [-0.15, -0.1) is 0 Å². The van der Waals surface area contributed by atoms with E-state index >= 15 is 0 Å². The van der Waals surface area contributed by atoms with Crippen LogP contribution in [-0.2, 0) is 4.74 Å². The van der Waals surface area contributed by atoms with Crippen molar-refractivity contribution in [3.05, 3.63) is 18.5 Å². The van der Waals surface area contributed by atoms with Gasteiger partial charge in [0.2, 0.25) is 5.95 Å². The summed E-state index contributed by atoms with van der Waals surface area (Å²) in [5, 5.41) is 3.40. The third-order valence-corrected chi connectivity index (χ3v) is 4.59. The molecule has 2 aromatic rings. The molecule has 2 aliphatic carbocycles. The number of allylic oxidation sites excluding steroid dienone is 1. The van der Waals surface area contributed by atoms with Crippen molar-refractivity contribution in [2.24, 2.45) is 5.92 Å². The zero-order valence-corrected chi connectivity index (χ0v) is 15.1. The molecule has 25 heavy (non-hydrogen) atoms. The van der Waals surface area contributed by atoms with Gasteiger partial charge in [0, 0.05) is 12.0 Å². The molecule has 7 nitrogen and oxygen atoms in total. The number of nitrogens with zero attached hydrogens (tertiary/aromatic N) is 4. The maximum atomic E-state index is 5.93. The summed E-state index contributed by atoms with van der Waals surface area (Å²) in [7, 11) is 0. The van der Waals surface area contributed by atoms with E-state index in [0.29, 0.717) is 12.0 Å². The second-order valence-corrected chi connectivity index (χ2v) is 8.04. The molecule has 2 aliphatic rings. The molecular formula is C18H26N6O. The number of anilines is 2. The first kappa shape index (κ1) is 16.3. The highest BCUT2D eigenvalue weighted by Crippen LogP contribution is 2.33. The third-order valence-electron chi connectivity index (χ3n) is 4.59. The average molecular weight is 342 g/mol. The van der Waals surface area contributed by atoms with Crippen LogP contribution in [0.5, 0.6) is 0 Å². The summed E-state index contributed by atoms with van der Waals surface area (Å²) in [6.45, 7) is 6.98. The van der Waals surface area contributed by atoms with E-state index in [1.165, 1.54) is 12.8 Å². The van der Waals surface area contributed by atoms with Crippen LogP contribution in [0.25, 0.3) is 11.2 Å². The van der Waals surface area contributed by atoms with Crippen molar-refractivity contribution < 1.29 is 4.74 Å². The molecule has 2 aromatic heterocycles. The van der Waals surface area contributed by atoms with Crippen LogP contribution in [0.4, 0.5) is 11.8 Å². The monoisotopic (exact) mass is 342 g/mol. The van der Waals surface area contributed by atoms with E-state index in [1.807, 2.05) is 6.33 Å². The fourth-order valence-electron chi connectivity index (χ4n) is 3.14. The predicted molar refractivity (Wildman–Crippen MR) is 98.4 cm³/mol. The number of aromatic nitrogens is 4. The number of rotatable bonds is 5. The predicted octanol–water partition coefficient (Wildman–Crippen LogP) is 2.92. The molecule has 7 heteroatoms. The highest BCUT2D eigenvalue weighted by Gasteiger charge is 2.27. The molecule has 0 radical (unpaired) electrons. The van der Waals surface area contributed by atoms with E-state index in [2.05, 4.69) is 57.8 Å². The van der Waals surface area contributed by atoms with Crippen molar-refractivity contribution in [2.75, 3.05) is 17.7 Å². The SMILES string of the molecule is CC(C)(C)OC[C@H]1C=C[C@H](n2cnc3c(NC4CC4)nc(N)nc32)C1. The van der Waals surface area contributed by atoms with E-state index < -0.39 is 0 Å². The molecular weight excluding hydrogens is 316 g/mol. The van der Waals surface area contributed by atoms with Gasteiger partial charge in [0.25, 0.3) is 0 Å². The molecule has 1 fully saturated rings. The van der Waals surface area contributed by atoms with Gasteiger partial charge in [-0.3, -0.25) is 0 Å². The molecule has 0 aliphatic heterocycles. The summed E-state index contributed by atoms with van der Waals surface area (Å²) in [5.74, 6) is 1.44.